The van der Waals surface area contributed by atoms with Crippen LogP contribution in [0.5, 0.6) is 5.75 Å². The molecule has 3 aromatic carbocycles. The van der Waals surface area contributed by atoms with Gasteiger partial charge in [-0.2, -0.15) is 0 Å². The van der Waals surface area contributed by atoms with Gasteiger partial charge in [0.1, 0.15) is 11.6 Å². The number of urea groups is 1. The Kier molecular flexibility index (Phi) is 5.11. The molecule has 0 aromatic heterocycles. The lowest BCUT2D eigenvalue weighted by Crippen LogP contribution is -2.38. The average molecular weight is 391 g/mol. The van der Waals surface area contributed by atoms with E-state index < -0.39 is 0 Å². The minimum atomic E-state index is -0.383. The molecule has 3 amide bonds. The minimum absolute atomic E-state index is 0.103. The summed E-state index contributed by atoms with van der Waals surface area (Å²) in [5.74, 6) is -0.0273. The third kappa shape index (κ3) is 4.35. The summed E-state index contributed by atoms with van der Waals surface area (Å²) in [7, 11) is 0. The number of para-hydroxylation sites is 1. The molecule has 0 spiro atoms. The molecule has 4 rings (SSSR count). The van der Waals surface area contributed by atoms with E-state index in [2.05, 4.69) is 10.6 Å². The van der Waals surface area contributed by atoms with Crippen LogP contribution in [0.15, 0.2) is 72.8 Å². The van der Waals surface area contributed by atoms with Gasteiger partial charge in [-0.1, -0.05) is 30.3 Å². The highest BCUT2D eigenvalue weighted by Gasteiger charge is 2.26. The molecule has 2 N–H and O–H groups in total. The molecule has 0 radical (unpaired) electrons. The Balaban J connectivity index is 1.49. The molecule has 1 heterocycles. The van der Waals surface area contributed by atoms with E-state index in [0.29, 0.717) is 29.4 Å². The second-order valence-corrected chi connectivity index (χ2v) is 6.52. The van der Waals surface area contributed by atoms with Crippen LogP contribution in [0.4, 0.5) is 26.2 Å². The first-order chi connectivity index (χ1) is 14.1. The van der Waals surface area contributed by atoms with Crippen molar-refractivity contribution in [3.8, 4) is 5.75 Å². The third-order valence-corrected chi connectivity index (χ3v) is 4.45. The van der Waals surface area contributed by atoms with Crippen LogP contribution in [-0.2, 0) is 11.3 Å². The highest BCUT2D eigenvalue weighted by molar-refractivity contribution is 6.01. The third-order valence-electron chi connectivity index (χ3n) is 4.45. The van der Waals surface area contributed by atoms with Gasteiger partial charge in [0, 0.05) is 17.4 Å². The van der Waals surface area contributed by atoms with Crippen molar-refractivity contribution >= 4 is 29.0 Å². The van der Waals surface area contributed by atoms with Crippen molar-refractivity contribution in [1.29, 1.82) is 0 Å². The Labute approximate surface area is 166 Å². The number of fused-ring (bicyclic) bond motifs is 1. The molecule has 0 aliphatic carbocycles. The molecule has 29 heavy (non-hydrogen) atoms. The van der Waals surface area contributed by atoms with Crippen molar-refractivity contribution in [2.24, 2.45) is 0 Å². The quantitative estimate of drug-likeness (QED) is 0.693. The first-order valence-electron chi connectivity index (χ1n) is 9.03. The van der Waals surface area contributed by atoms with E-state index in [4.69, 9.17) is 4.74 Å². The topological polar surface area (TPSA) is 70.7 Å². The van der Waals surface area contributed by atoms with Crippen LogP contribution < -0.4 is 20.3 Å². The second-order valence-electron chi connectivity index (χ2n) is 6.52. The van der Waals surface area contributed by atoms with Gasteiger partial charge in [0.05, 0.1) is 12.2 Å². The number of hydrogen-bond donors (Lipinski definition) is 2. The summed E-state index contributed by atoms with van der Waals surface area (Å²) in [6, 6.07) is 19.8. The number of rotatable bonds is 4. The minimum Gasteiger partial charge on any atom is -0.481 e. The van der Waals surface area contributed by atoms with Crippen LogP contribution in [0.1, 0.15) is 5.56 Å². The molecule has 3 aromatic rings. The monoisotopic (exact) mass is 391 g/mol. The highest BCUT2D eigenvalue weighted by Crippen LogP contribution is 2.35. The largest absolute Gasteiger partial charge is 0.481 e. The van der Waals surface area contributed by atoms with Gasteiger partial charge in [-0.15, -0.1) is 0 Å². The fourth-order valence-corrected chi connectivity index (χ4v) is 3.04. The summed E-state index contributed by atoms with van der Waals surface area (Å²) in [5.41, 5.74) is 2.61. The van der Waals surface area contributed by atoms with E-state index in [1.807, 2.05) is 18.2 Å². The van der Waals surface area contributed by atoms with Crippen LogP contribution in [0, 0.1) is 5.82 Å². The van der Waals surface area contributed by atoms with Gasteiger partial charge in [0.25, 0.3) is 5.91 Å². The smallest absolute Gasteiger partial charge is 0.323 e. The number of anilines is 3. The standard InChI is InChI=1S/C22H18FN3O3/c23-16-8-6-15(7-9-16)13-26-19-11-10-18(12-20(19)29-14-21(26)27)25-22(28)24-17-4-2-1-3-5-17/h1-12H,13-14H2,(H2,24,25,28). The number of carbonyl (C=O) groups excluding carboxylic acids is 2. The molecule has 6 nitrogen and oxygen atoms in total. The molecular weight excluding hydrogens is 373 g/mol. The summed E-state index contributed by atoms with van der Waals surface area (Å²) in [6.07, 6.45) is 0. The molecule has 7 heteroatoms. The molecule has 0 saturated carbocycles. The lowest BCUT2D eigenvalue weighted by molar-refractivity contribution is -0.121. The summed E-state index contributed by atoms with van der Waals surface area (Å²) in [5, 5.41) is 5.48. The predicted octanol–water partition coefficient (Wildman–Crippen LogP) is 4.40. The van der Waals surface area contributed by atoms with E-state index in [0.717, 1.165) is 5.56 Å². The van der Waals surface area contributed by atoms with Gasteiger partial charge in [0.15, 0.2) is 6.61 Å². The Morgan fingerprint density at radius 2 is 1.69 bits per heavy atom. The summed E-state index contributed by atoms with van der Waals surface area (Å²) in [4.78, 5) is 26.1. The van der Waals surface area contributed by atoms with E-state index in [9.17, 15) is 14.0 Å². The first-order valence-corrected chi connectivity index (χ1v) is 9.03. The van der Waals surface area contributed by atoms with Gasteiger partial charge in [-0.3, -0.25) is 4.79 Å². The lowest BCUT2D eigenvalue weighted by Gasteiger charge is -2.29. The van der Waals surface area contributed by atoms with Gasteiger partial charge in [-0.25, -0.2) is 9.18 Å². The number of benzene rings is 3. The van der Waals surface area contributed by atoms with Crippen LogP contribution in [-0.4, -0.2) is 18.5 Å². The van der Waals surface area contributed by atoms with E-state index in [1.165, 1.54) is 12.1 Å². The Hall–Kier alpha value is -3.87. The zero-order valence-electron chi connectivity index (χ0n) is 15.4. The number of halogens is 1. The number of hydrogen-bond acceptors (Lipinski definition) is 3. The van der Waals surface area contributed by atoms with Crippen LogP contribution >= 0.6 is 0 Å². The Bertz CT molecular complexity index is 1040. The molecule has 0 fully saturated rings. The molecule has 0 bridgehead atoms. The molecule has 1 aliphatic rings. The molecule has 1 aliphatic heterocycles. The fraction of sp³-hybridized carbons (Fsp3) is 0.0909. The zero-order chi connectivity index (χ0) is 20.2. The predicted molar refractivity (Wildman–Crippen MR) is 109 cm³/mol. The van der Waals surface area contributed by atoms with Gasteiger partial charge in [0.2, 0.25) is 0 Å². The SMILES string of the molecule is O=C(Nc1ccccc1)Nc1ccc2c(c1)OCC(=O)N2Cc1ccc(F)cc1. The Morgan fingerprint density at radius 1 is 0.966 bits per heavy atom. The number of amides is 3. The van der Waals surface area contributed by atoms with Crippen molar-refractivity contribution in [1.82, 2.24) is 0 Å². The maximum atomic E-state index is 13.1. The number of ether oxygens (including phenoxy) is 1. The maximum absolute atomic E-state index is 13.1. The normalized spacial score (nSPS) is 12.7. The molecule has 0 unspecified atom stereocenters. The Morgan fingerprint density at radius 3 is 2.45 bits per heavy atom. The van der Waals surface area contributed by atoms with E-state index in [1.54, 1.807) is 47.4 Å². The van der Waals surface area contributed by atoms with Gasteiger partial charge < -0.3 is 20.3 Å². The first kappa shape index (κ1) is 18.5. The molecular formula is C22H18FN3O3. The number of carbonyl (C=O) groups is 2. The maximum Gasteiger partial charge on any atom is 0.323 e. The molecule has 0 saturated heterocycles. The van der Waals surface area contributed by atoms with E-state index >= 15 is 0 Å². The average Bonchev–Trinajstić information content (AvgIpc) is 2.72. The molecule has 0 atom stereocenters. The summed E-state index contributed by atoms with van der Waals surface area (Å²) in [6.45, 7) is 0.199. The van der Waals surface area contributed by atoms with Crippen molar-refractivity contribution in [2.45, 2.75) is 6.54 Å². The fourth-order valence-electron chi connectivity index (χ4n) is 3.04. The zero-order valence-corrected chi connectivity index (χ0v) is 15.4. The number of nitrogens with zero attached hydrogens (tertiary/aromatic N) is 1. The van der Waals surface area contributed by atoms with Crippen molar-refractivity contribution in [3.63, 3.8) is 0 Å². The molecule has 146 valence electrons. The van der Waals surface area contributed by atoms with Gasteiger partial charge >= 0.3 is 6.03 Å². The number of nitrogens with one attached hydrogen (secondary N) is 2. The van der Waals surface area contributed by atoms with Crippen LogP contribution in [0.25, 0.3) is 0 Å². The van der Waals surface area contributed by atoms with Crippen molar-refractivity contribution < 1.29 is 18.7 Å². The van der Waals surface area contributed by atoms with Crippen LogP contribution in [0.2, 0.25) is 0 Å². The lowest BCUT2D eigenvalue weighted by atomic mass is 10.1. The van der Waals surface area contributed by atoms with Gasteiger partial charge in [-0.05, 0) is 42.0 Å². The van der Waals surface area contributed by atoms with Crippen LogP contribution in [0.3, 0.4) is 0 Å². The van der Waals surface area contributed by atoms with Crippen molar-refractivity contribution in [3.05, 3.63) is 84.2 Å². The summed E-state index contributed by atoms with van der Waals surface area (Å²) >= 11 is 0. The second kappa shape index (κ2) is 8.02. The van der Waals surface area contributed by atoms with E-state index in [-0.39, 0.29) is 24.4 Å². The summed E-state index contributed by atoms with van der Waals surface area (Å²) < 4.78 is 18.7. The highest BCUT2D eigenvalue weighted by atomic mass is 19.1. The van der Waals surface area contributed by atoms with Crippen molar-refractivity contribution in [2.75, 3.05) is 22.1 Å².